The number of terminal acetylenes is 1. The van der Waals surface area contributed by atoms with Crippen LogP contribution >= 0.6 is 11.6 Å². The van der Waals surface area contributed by atoms with Gasteiger partial charge in [0, 0.05) is 37.9 Å². The molecule has 0 saturated carbocycles. The summed E-state index contributed by atoms with van der Waals surface area (Å²) in [6, 6.07) is 6.02. The standard InChI is InChI=1S/C14H15F2NO.C14H13NO.C13H14ClNO/c1-7(2)10-4-9-5-11(18)12(14(15)16)8(3)13(9)17-6-10;1-4-10-6-13-11(7-14(10)16)5-12(8-15-13)9(2)3;1-7(2)10-4-9-5-11(16)12(14)8(3)13(9)15-6-10/h4,6-7,14H,5H2,1-3H3;1,5-6,8-9H,7H2,2-3H3;4,6-7H,5H2,1-3H3. The van der Waals surface area contributed by atoms with Crippen molar-refractivity contribution in [2.24, 2.45) is 0 Å². The first-order valence-electron chi connectivity index (χ1n) is 16.6. The minimum Gasteiger partial charge on any atom is -0.294 e. The number of fused-ring (bicyclic) bond motifs is 3. The first kappa shape index (κ1) is 38.2. The maximum atomic E-state index is 12.8. The molecule has 0 aromatic carbocycles. The summed E-state index contributed by atoms with van der Waals surface area (Å²) in [5.74, 6) is 3.07. The summed E-state index contributed by atoms with van der Waals surface area (Å²) in [7, 11) is 0. The monoisotopic (exact) mass is 697 g/mol. The summed E-state index contributed by atoms with van der Waals surface area (Å²) in [6.07, 6.45) is 10.4. The molecule has 260 valence electrons. The number of halogens is 3. The number of ketones is 3. The average Bonchev–Trinajstić information content (AvgIpc) is 3.06. The number of rotatable bonds is 4. The zero-order valence-electron chi connectivity index (χ0n) is 29.7. The van der Waals surface area contributed by atoms with E-state index in [0.717, 1.165) is 50.3 Å². The minimum absolute atomic E-state index is 0.00521. The van der Waals surface area contributed by atoms with Gasteiger partial charge in [0.05, 0.1) is 33.3 Å². The van der Waals surface area contributed by atoms with Gasteiger partial charge < -0.3 is 0 Å². The molecular weight excluding hydrogens is 656 g/mol. The highest BCUT2D eigenvalue weighted by atomic mass is 35.5. The van der Waals surface area contributed by atoms with Crippen LogP contribution in [0.15, 0.2) is 53.0 Å². The fourth-order valence-electron chi connectivity index (χ4n) is 5.82. The topological polar surface area (TPSA) is 89.9 Å². The average molecular weight is 698 g/mol. The highest BCUT2D eigenvalue weighted by Gasteiger charge is 2.30. The number of hydrogen-bond donors (Lipinski definition) is 0. The van der Waals surface area contributed by atoms with Crippen molar-refractivity contribution in [1.29, 1.82) is 0 Å². The molecule has 0 N–H and O–H groups in total. The van der Waals surface area contributed by atoms with Crippen molar-refractivity contribution < 1.29 is 23.2 Å². The van der Waals surface area contributed by atoms with Gasteiger partial charge in [0.25, 0.3) is 6.43 Å². The van der Waals surface area contributed by atoms with Crippen LogP contribution in [-0.4, -0.2) is 38.7 Å². The second-order valence-corrected chi connectivity index (χ2v) is 14.0. The number of alkyl halides is 2. The third-order valence-corrected chi connectivity index (χ3v) is 9.49. The van der Waals surface area contributed by atoms with E-state index in [1.54, 1.807) is 19.2 Å². The Kier molecular flexibility index (Phi) is 12.2. The van der Waals surface area contributed by atoms with Gasteiger partial charge in [0.15, 0.2) is 17.3 Å². The summed E-state index contributed by atoms with van der Waals surface area (Å²) >= 11 is 5.94. The lowest BCUT2D eigenvalue weighted by Crippen LogP contribution is -2.21. The lowest BCUT2D eigenvalue weighted by atomic mass is 9.87. The first-order chi connectivity index (χ1) is 23.5. The molecule has 0 spiro atoms. The normalized spacial score (nSPS) is 15.2. The van der Waals surface area contributed by atoms with E-state index in [2.05, 4.69) is 60.7 Å². The first-order valence-corrected chi connectivity index (χ1v) is 17.0. The predicted molar refractivity (Wildman–Crippen MR) is 195 cm³/mol. The molecule has 3 aliphatic rings. The maximum Gasteiger partial charge on any atom is 0.267 e. The van der Waals surface area contributed by atoms with E-state index in [9.17, 15) is 23.2 Å². The van der Waals surface area contributed by atoms with Gasteiger partial charge in [-0.3, -0.25) is 29.3 Å². The van der Waals surface area contributed by atoms with E-state index in [1.165, 1.54) is 0 Å². The Labute approximate surface area is 298 Å². The smallest absolute Gasteiger partial charge is 0.267 e. The summed E-state index contributed by atoms with van der Waals surface area (Å²) in [5, 5.41) is 0.331. The van der Waals surface area contributed by atoms with Crippen molar-refractivity contribution in [3.05, 3.63) is 103 Å². The van der Waals surface area contributed by atoms with E-state index in [0.29, 0.717) is 52.5 Å². The molecule has 0 radical (unpaired) electrons. The van der Waals surface area contributed by atoms with E-state index in [-0.39, 0.29) is 23.6 Å². The lowest BCUT2D eigenvalue weighted by molar-refractivity contribution is -0.116. The summed E-state index contributed by atoms with van der Waals surface area (Å²) in [6.45, 7) is 15.9. The van der Waals surface area contributed by atoms with E-state index >= 15 is 0 Å². The van der Waals surface area contributed by atoms with Crippen LogP contribution in [0.3, 0.4) is 0 Å². The molecule has 0 bridgehead atoms. The zero-order chi connectivity index (χ0) is 37.0. The summed E-state index contributed by atoms with van der Waals surface area (Å²) in [5.41, 5.74) is 9.47. The van der Waals surface area contributed by atoms with Gasteiger partial charge in [-0.05, 0) is 82.2 Å². The molecule has 3 heterocycles. The van der Waals surface area contributed by atoms with E-state index in [4.69, 9.17) is 18.0 Å². The number of aromatic nitrogens is 3. The van der Waals surface area contributed by atoms with Crippen molar-refractivity contribution in [3.63, 3.8) is 0 Å². The molecule has 50 heavy (non-hydrogen) atoms. The molecule has 0 saturated heterocycles. The fraction of sp³-hybridized carbons (Fsp3) is 0.366. The number of pyridine rings is 3. The van der Waals surface area contributed by atoms with Gasteiger partial charge in [0.2, 0.25) is 0 Å². The molecule has 3 aliphatic carbocycles. The zero-order valence-corrected chi connectivity index (χ0v) is 30.5. The van der Waals surface area contributed by atoms with Gasteiger partial charge in [0.1, 0.15) is 0 Å². The molecule has 6 rings (SSSR count). The van der Waals surface area contributed by atoms with Crippen LogP contribution in [0.4, 0.5) is 8.78 Å². The number of carbonyl (C=O) groups is 3. The Bertz CT molecular complexity index is 2000. The van der Waals surface area contributed by atoms with Gasteiger partial charge in [-0.25, -0.2) is 8.78 Å². The van der Waals surface area contributed by atoms with Crippen molar-refractivity contribution in [2.75, 3.05) is 0 Å². The number of hydrogen-bond acceptors (Lipinski definition) is 6. The molecule has 9 heteroatoms. The molecule has 0 amide bonds. The van der Waals surface area contributed by atoms with Gasteiger partial charge in [-0.2, -0.15) is 0 Å². The van der Waals surface area contributed by atoms with Crippen LogP contribution < -0.4 is 0 Å². The van der Waals surface area contributed by atoms with Crippen LogP contribution in [0.25, 0.3) is 17.2 Å². The number of nitrogens with zero attached hydrogens (tertiary/aromatic N) is 3. The SMILES string of the molecule is C#CC1=Cc2ncc(C(C)C)cc2CC1=O.CC1=C(C(F)F)C(=O)Cc2cc(C(C)C)cnc21.CC1=C(Cl)C(=O)Cc2cc(C(C)C)cnc21. The third kappa shape index (κ3) is 8.39. The molecule has 0 fully saturated rings. The summed E-state index contributed by atoms with van der Waals surface area (Å²) in [4.78, 5) is 48.0. The Morgan fingerprint density at radius 1 is 0.680 bits per heavy atom. The second kappa shape index (κ2) is 15.9. The molecule has 3 aromatic rings. The Morgan fingerprint density at radius 3 is 1.60 bits per heavy atom. The molecule has 6 nitrogen and oxygen atoms in total. The highest BCUT2D eigenvalue weighted by molar-refractivity contribution is 6.46. The lowest BCUT2D eigenvalue weighted by Gasteiger charge is -2.20. The molecule has 0 atom stereocenters. The maximum absolute atomic E-state index is 12.8. The van der Waals surface area contributed by atoms with E-state index in [1.807, 2.05) is 39.2 Å². The van der Waals surface area contributed by atoms with Gasteiger partial charge >= 0.3 is 0 Å². The van der Waals surface area contributed by atoms with Crippen molar-refractivity contribution in [1.82, 2.24) is 15.0 Å². The summed E-state index contributed by atoms with van der Waals surface area (Å²) < 4.78 is 25.6. The quantitative estimate of drug-likeness (QED) is 0.253. The Balaban J connectivity index is 0.000000169. The molecule has 3 aromatic heterocycles. The Hall–Kier alpha value is -4.61. The Morgan fingerprint density at radius 2 is 1.12 bits per heavy atom. The van der Waals surface area contributed by atoms with Crippen LogP contribution in [0.1, 0.15) is 124 Å². The molecule has 0 aliphatic heterocycles. The van der Waals surface area contributed by atoms with Crippen LogP contribution in [0, 0.1) is 12.3 Å². The van der Waals surface area contributed by atoms with Crippen LogP contribution in [0.5, 0.6) is 0 Å². The van der Waals surface area contributed by atoms with Crippen molar-refractivity contribution >= 4 is 46.2 Å². The number of Topliss-reactive ketones (excluding diaryl/α,β-unsaturated/α-hetero) is 3. The van der Waals surface area contributed by atoms with Gasteiger partial charge in [-0.1, -0.05) is 77.3 Å². The van der Waals surface area contributed by atoms with Crippen molar-refractivity contribution in [2.45, 2.75) is 98.8 Å². The second-order valence-electron chi connectivity index (χ2n) is 13.6. The van der Waals surface area contributed by atoms with E-state index < -0.39 is 12.2 Å². The highest BCUT2D eigenvalue weighted by Crippen LogP contribution is 2.33. The predicted octanol–water partition coefficient (Wildman–Crippen LogP) is 9.02. The molecular formula is C41H42ClF2N3O3. The largest absolute Gasteiger partial charge is 0.294 e. The van der Waals surface area contributed by atoms with Gasteiger partial charge in [-0.15, -0.1) is 6.42 Å². The fourth-order valence-corrected chi connectivity index (χ4v) is 5.98. The number of allylic oxidation sites excluding steroid dienone is 5. The van der Waals surface area contributed by atoms with Crippen LogP contribution in [-0.2, 0) is 33.6 Å². The van der Waals surface area contributed by atoms with Crippen LogP contribution in [0.2, 0.25) is 0 Å². The third-order valence-electron chi connectivity index (χ3n) is 9.00. The molecule has 0 unspecified atom stereocenters. The minimum atomic E-state index is -2.72. The number of carbonyl (C=O) groups excluding carboxylic acids is 3. The van der Waals surface area contributed by atoms with Crippen molar-refractivity contribution in [3.8, 4) is 12.3 Å².